The Hall–Kier alpha value is -1.46. The topological polar surface area (TPSA) is 38.9 Å². The van der Waals surface area contributed by atoms with E-state index < -0.39 is 0 Å². The first kappa shape index (κ1) is 10.7. The van der Waals surface area contributed by atoms with Crippen LogP contribution in [0.4, 0.5) is 9.39 Å². The molecule has 0 spiro atoms. The summed E-state index contributed by atoms with van der Waals surface area (Å²) in [5, 5.41) is 1.69. The van der Waals surface area contributed by atoms with E-state index in [1.807, 2.05) is 13.0 Å². The quantitative estimate of drug-likeness (QED) is 0.720. The zero-order valence-corrected chi connectivity index (χ0v) is 10.7. The second-order valence-electron chi connectivity index (χ2n) is 3.79. The minimum Gasteiger partial charge on any atom is -0.391 e. The molecule has 0 aliphatic heterocycles. The number of nitrogen functional groups attached to an aromatic ring is 1. The SMILES string of the molecule is Cc1cc(N)sc1-c1nc2ccc(F)cc2s1. The van der Waals surface area contributed by atoms with Crippen molar-refractivity contribution in [2.75, 3.05) is 5.73 Å². The van der Waals surface area contributed by atoms with Gasteiger partial charge in [-0.1, -0.05) is 0 Å². The fourth-order valence-electron chi connectivity index (χ4n) is 1.71. The van der Waals surface area contributed by atoms with E-state index in [9.17, 15) is 4.39 Å². The van der Waals surface area contributed by atoms with Crippen molar-refractivity contribution in [1.29, 1.82) is 0 Å². The molecule has 5 heteroatoms. The molecule has 1 aromatic carbocycles. The summed E-state index contributed by atoms with van der Waals surface area (Å²) in [4.78, 5) is 5.58. The Kier molecular flexibility index (Phi) is 2.38. The van der Waals surface area contributed by atoms with Gasteiger partial charge in [-0.25, -0.2) is 9.37 Å². The summed E-state index contributed by atoms with van der Waals surface area (Å²) in [6.07, 6.45) is 0. The van der Waals surface area contributed by atoms with Crippen LogP contribution >= 0.6 is 22.7 Å². The minimum absolute atomic E-state index is 0.227. The van der Waals surface area contributed by atoms with Gasteiger partial charge in [-0.3, -0.25) is 0 Å². The summed E-state index contributed by atoms with van der Waals surface area (Å²) in [5.74, 6) is -0.227. The van der Waals surface area contributed by atoms with Gasteiger partial charge in [0.25, 0.3) is 0 Å². The predicted octanol–water partition coefficient (Wildman–Crippen LogP) is 4.05. The Morgan fingerprint density at radius 3 is 2.76 bits per heavy atom. The maximum Gasteiger partial charge on any atom is 0.134 e. The van der Waals surface area contributed by atoms with Crippen LogP contribution in [0.2, 0.25) is 0 Å². The van der Waals surface area contributed by atoms with E-state index in [0.717, 1.165) is 30.7 Å². The number of hydrogen-bond acceptors (Lipinski definition) is 4. The molecule has 0 radical (unpaired) electrons. The van der Waals surface area contributed by atoms with E-state index >= 15 is 0 Å². The first-order chi connectivity index (χ1) is 8.13. The molecule has 17 heavy (non-hydrogen) atoms. The van der Waals surface area contributed by atoms with Crippen molar-refractivity contribution >= 4 is 37.9 Å². The summed E-state index contributed by atoms with van der Waals surface area (Å²) < 4.78 is 14.0. The molecule has 0 saturated carbocycles. The molecular weight excluding hydrogens is 255 g/mol. The highest BCUT2D eigenvalue weighted by Gasteiger charge is 2.11. The van der Waals surface area contributed by atoms with Crippen LogP contribution in [-0.4, -0.2) is 4.98 Å². The van der Waals surface area contributed by atoms with E-state index in [1.165, 1.54) is 34.8 Å². The van der Waals surface area contributed by atoms with E-state index in [-0.39, 0.29) is 5.82 Å². The van der Waals surface area contributed by atoms with Crippen molar-refractivity contribution in [3.05, 3.63) is 35.6 Å². The fourth-order valence-corrected chi connectivity index (χ4v) is 3.78. The fraction of sp³-hybridized carbons (Fsp3) is 0.0833. The lowest BCUT2D eigenvalue weighted by Gasteiger charge is -1.90. The van der Waals surface area contributed by atoms with Crippen LogP contribution in [0.25, 0.3) is 20.1 Å². The maximum atomic E-state index is 13.1. The second-order valence-corrected chi connectivity index (χ2v) is 5.91. The molecule has 2 N–H and O–H groups in total. The summed E-state index contributed by atoms with van der Waals surface area (Å²) in [7, 11) is 0. The molecule has 0 aliphatic rings. The second kappa shape index (κ2) is 3.78. The summed E-state index contributed by atoms with van der Waals surface area (Å²) in [6, 6.07) is 6.59. The van der Waals surface area contributed by atoms with Crippen molar-refractivity contribution in [1.82, 2.24) is 4.98 Å². The van der Waals surface area contributed by atoms with Gasteiger partial charge in [0.05, 0.1) is 20.1 Å². The Labute approximate surface area is 106 Å². The number of hydrogen-bond donors (Lipinski definition) is 1. The first-order valence-corrected chi connectivity index (χ1v) is 6.69. The van der Waals surface area contributed by atoms with E-state index in [2.05, 4.69) is 4.98 Å². The Morgan fingerprint density at radius 1 is 1.24 bits per heavy atom. The summed E-state index contributed by atoms with van der Waals surface area (Å²) in [5.41, 5.74) is 7.72. The molecule has 2 nitrogen and oxygen atoms in total. The normalized spacial score (nSPS) is 11.2. The van der Waals surface area contributed by atoms with Gasteiger partial charge in [-0.15, -0.1) is 22.7 Å². The molecule has 2 aromatic heterocycles. The predicted molar refractivity (Wildman–Crippen MR) is 72.0 cm³/mol. The lowest BCUT2D eigenvalue weighted by atomic mass is 10.3. The third kappa shape index (κ3) is 1.81. The zero-order valence-electron chi connectivity index (χ0n) is 9.03. The van der Waals surface area contributed by atoms with Crippen molar-refractivity contribution in [3.63, 3.8) is 0 Å². The lowest BCUT2D eigenvalue weighted by molar-refractivity contribution is 0.630. The number of fused-ring (bicyclic) bond motifs is 1. The Bertz CT molecular complexity index is 700. The number of anilines is 1. The van der Waals surface area contributed by atoms with Crippen molar-refractivity contribution in [2.45, 2.75) is 6.92 Å². The molecule has 3 rings (SSSR count). The van der Waals surface area contributed by atoms with E-state index in [4.69, 9.17) is 5.73 Å². The highest BCUT2D eigenvalue weighted by molar-refractivity contribution is 7.26. The molecule has 0 atom stereocenters. The minimum atomic E-state index is -0.227. The van der Waals surface area contributed by atoms with E-state index in [0.29, 0.717) is 0 Å². The third-order valence-electron chi connectivity index (χ3n) is 2.48. The van der Waals surface area contributed by atoms with Gasteiger partial charge in [0.1, 0.15) is 10.8 Å². The van der Waals surface area contributed by atoms with Crippen LogP contribution in [0, 0.1) is 12.7 Å². The number of aromatic nitrogens is 1. The molecule has 0 bridgehead atoms. The van der Waals surface area contributed by atoms with Crippen LogP contribution in [-0.2, 0) is 0 Å². The van der Waals surface area contributed by atoms with Crippen LogP contribution < -0.4 is 5.73 Å². The standard InChI is InChI=1S/C12H9FN2S2/c1-6-4-10(14)17-11(6)12-15-8-3-2-7(13)5-9(8)16-12/h2-5H,14H2,1H3. The Morgan fingerprint density at radius 2 is 2.06 bits per heavy atom. The largest absolute Gasteiger partial charge is 0.391 e. The van der Waals surface area contributed by atoms with Crippen molar-refractivity contribution in [3.8, 4) is 9.88 Å². The van der Waals surface area contributed by atoms with Gasteiger partial charge < -0.3 is 5.73 Å². The first-order valence-electron chi connectivity index (χ1n) is 5.06. The molecule has 0 unspecified atom stereocenters. The molecule has 0 fully saturated rings. The van der Waals surface area contributed by atoms with Crippen LogP contribution in [0.5, 0.6) is 0 Å². The molecule has 2 heterocycles. The van der Waals surface area contributed by atoms with Gasteiger partial charge in [-0.05, 0) is 36.8 Å². The number of thiophene rings is 1. The average molecular weight is 264 g/mol. The lowest BCUT2D eigenvalue weighted by Crippen LogP contribution is -1.73. The van der Waals surface area contributed by atoms with Gasteiger partial charge >= 0.3 is 0 Å². The molecule has 86 valence electrons. The molecule has 3 aromatic rings. The number of aryl methyl sites for hydroxylation is 1. The molecule has 0 amide bonds. The monoisotopic (exact) mass is 264 g/mol. The highest BCUT2D eigenvalue weighted by atomic mass is 32.1. The van der Waals surface area contributed by atoms with Gasteiger partial charge in [0, 0.05) is 0 Å². The number of thiazole rings is 1. The van der Waals surface area contributed by atoms with Gasteiger partial charge in [0.15, 0.2) is 0 Å². The molecule has 0 saturated heterocycles. The average Bonchev–Trinajstić information content (AvgIpc) is 2.80. The highest BCUT2D eigenvalue weighted by Crippen LogP contribution is 2.38. The Balaban J connectivity index is 2.21. The molecule has 0 aliphatic carbocycles. The smallest absolute Gasteiger partial charge is 0.134 e. The zero-order chi connectivity index (χ0) is 12.0. The number of benzene rings is 1. The van der Waals surface area contributed by atoms with Gasteiger partial charge in [0.2, 0.25) is 0 Å². The maximum absolute atomic E-state index is 13.1. The number of nitrogens with zero attached hydrogens (tertiary/aromatic N) is 1. The third-order valence-corrected chi connectivity index (χ3v) is 4.72. The summed E-state index contributed by atoms with van der Waals surface area (Å²) in [6.45, 7) is 2.01. The van der Waals surface area contributed by atoms with Crippen molar-refractivity contribution < 1.29 is 4.39 Å². The van der Waals surface area contributed by atoms with Crippen LogP contribution in [0.3, 0.4) is 0 Å². The van der Waals surface area contributed by atoms with Crippen molar-refractivity contribution in [2.24, 2.45) is 0 Å². The number of nitrogens with two attached hydrogens (primary N) is 1. The van der Waals surface area contributed by atoms with Crippen LogP contribution in [0.1, 0.15) is 5.56 Å². The van der Waals surface area contributed by atoms with Gasteiger partial charge in [-0.2, -0.15) is 0 Å². The summed E-state index contributed by atoms with van der Waals surface area (Å²) >= 11 is 3.01. The molecular formula is C12H9FN2S2. The number of rotatable bonds is 1. The van der Waals surface area contributed by atoms with Crippen LogP contribution in [0.15, 0.2) is 24.3 Å². The van der Waals surface area contributed by atoms with E-state index in [1.54, 1.807) is 6.07 Å². The number of halogens is 1.